The van der Waals surface area contributed by atoms with Crippen LogP contribution in [0.25, 0.3) is 0 Å². The van der Waals surface area contributed by atoms with Crippen LogP contribution in [0.15, 0.2) is 0 Å². The van der Waals surface area contributed by atoms with E-state index < -0.39 is 41.7 Å². The van der Waals surface area contributed by atoms with Gasteiger partial charge < -0.3 is 5.32 Å². The lowest BCUT2D eigenvalue weighted by atomic mass is 9.53. The Labute approximate surface area is 153 Å². The average molecular weight is 394 g/mol. The molecule has 4 aliphatic carbocycles. The molecule has 4 fully saturated rings. The summed E-state index contributed by atoms with van der Waals surface area (Å²) >= 11 is 5.63. The molecular formula is C17H20ClF4N3O. The van der Waals surface area contributed by atoms with Gasteiger partial charge in [-0.25, -0.2) is 17.6 Å². The van der Waals surface area contributed by atoms with Gasteiger partial charge in [0.25, 0.3) is 12.9 Å². The Morgan fingerprint density at radius 1 is 1.12 bits per heavy atom. The fourth-order valence-electron chi connectivity index (χ4n) is 5.68. The number of amides is 1. The SMILES string of the molecule is O=C(Cn1nc(C(F)F)c(Cl)c1C(F)F)NC12CC3CC(CC(C3)C1)C2. The van der Waals surface area contributed by atoms with Crippen molar-refractivity contribution in [1.29, 1.82) is 0 Å². The molecule has 0 saturated heterocycles. The number of aromatic nitrogens is 2. The van der Waals surface area contributed by atoms with Crippen molar-refractivity contribution >= 4 is 17.5 Å². The predicted octanol–water partition coefficient (Wildman–Crippen LogP) is 4.50. The summed E-state index contributed by atoms with van der Waals surface area (Å²) < 4.78 is 52.8. The largest absolute Gasteiger partial charge is 0.349 e. The van der Waals surface area contributed by atoms with E-state index in [0.29, 0.717) is 22.4 Å². The van der Waals surface area contributed by atoms with Crippen molar-refractivity contribution in [3.05, 3.63) is 16.4 Å². The predicted molar refractivity (Wildman–Crippen MR) is 86.2 cm³/mol. The zero-order chi connectivity index (χ0) is 18.6. The Morgan fingerprint density at radius 2 is 1.65 bits per heavy atom. The van der Waals surface area contributed by atoms with Crippen molar-refractivity contribution in [1.82, 2.24) is 15.1 Å². The third-order valence-corrected chi connectivity index (χ3v) is 6.49. The quantitative estimate of drug-likeness (QED) is 0.749. The average Bonchev–Trinajstić information content (AvgIpc) is 2.81. The highest BCUT2D eigenvalue weighted by Gasteiger charge is 2.51. The zero-order valence-corrected chi connectivity index (χ0v) is 14.8. The zero-order valence-electron chi connectivity index (χ0n) is 14.0. The van der Waals surface area contributed by atoms with E-state index in [0.717, 1.165) is 19.3 Å². The topological polar surface area (TPSA) is 46.9 Å². The molecule has 0 unspecified atom stereocenters. The minimum Gasteiger partial charge on any atom is -0.349 e. The van der Waals surface area contributed by atoms with Crippen LogP contribution in [-0.2, 0) is 11.3 Å². The fourth-order valence-corrected chi connectivity index (χ4v) is 5.98. The number of carbonyl (C=O) groups excluding carboxylic acids is 1. The van der Waals surface area contributed by atoms with Crippen molar-refractivity contribution in [2.45, 2.75) is 63.5 Å². The number of hydrogen-bond donors (Lipinski definition) is 1. The monoisotopic (exact) mass is 393 g/mol. The summed E-state index contributed by atoms with van der Waals surface area (Å²) in [5.74, 6) is 1.36. The van der Waals surface area contributed by atoms with Gasteiger partial charge in [-0.2, -0.15) is 5.10 Å². The second-order valence-corrected chi connectivity index (χ2v) is 8.47. The van der Waals surface area contributed by atoms with Crippen molar-refractivity contribution in [3.63, 3.8) is 0 Å². The van der Waals surface area contributed by atoms with Gasteiger partial charge in [-0.3, -0.25) is 9.48 Å². The van der Waals surface area contributed by atoms with E-state index in [4.69, 9.17) is 11.6 Å². The van der Waals surface area contributed by atoms with E-state index in [-0.39, 0.29) is 5.54 Å². The highest BCUT2D eigenvalue weighted by molar-refractivity contribution is 6.32. The normalized spacial score (nSPS) is 32.7. The van der Waals surface area contributed by atoms with E-state index in [1.165, 1.54) is 19.3 Å². The molecule has 0 aromatic carbocycles. The molecule has 1 amide bonds. The Kier molecular flexibility index (Phi) is 4.44. The molecule has 4 aliphatic rings. The summed E-state index contributed by atoms with van der Waals surface area (Å²) in [7, 11) is 0. The van der Waals surface area contributed by atoms with Crippen LogP contribution in [0.2, 0.25) is 5.02 Å². The molecule has 0 aliphatic heterocycles. The number of nitrogens with zero attached hydrogens (tertiary/aromatic N) is 2. The molecule has 0 radical (unpaired) electrons. The van der Waals surface area contributed by atoms with E-state index in [2.05, 4.69) is 10.4 Å². The van der Waals surface area contributed by atoms with Crippen LogP contribution in [0.3, 0.4) is 0 Å². The van der Waals surface area contributed by atoms with Gasteiger partial charge in [0.1, 0.15) is 17.9 Å². The summed E-state index contributed by atoms with van der Waals surface area (Å²) in [6, 6.07) is 0. The second kappa shape index (κ2) is 6.39. The van der Waals surface area contributed by atoms with Gasteiger partial charge in [0.15, 0.2) is 0 Å². The van der Waals surface area contributed by atoms with Crippen LogP contribution in [0.1, 0.15) is 62.8 Å². The van der Waals surface area contributed by atoms with Gasteiger partial charge in [-0.15, -0.1) is 0 Å². The number of alkyl halides is 4. The van der Waals surface area contributed by atoms with E-state index in [1.807, 2.05) is 0 Å². The molecular weight excluding hydrogens is 374 g/mol. The summed E-state index contributed by atoms with van der Waals surface area (Å²) in [6.07, 6.45) is 0.186. The third-order valence-electron chi connectivity index (χ3n) is 6.11. The Morgan fingerprint density at radius 3 is 2.12 bits per heavy atom. The first-order chi connectivity index (χ1) is 12.3. The lowest BCUT2D eigenvalue weighted by Crippen LogP contribution is -2.60. The first kappa shape index (κ1) is 18.1. The minimum atomic E-state index is -3.09. The van der Waals surface area contributed by atoms with Crippen LogP contribution in [-0.4, -0.2) is 21.2 Å². The Hall–Kier alpha value is -1.31. The number of halogens is 5. The van der Waals surface area contributed by atoms with Crippen LogP contribution in [0.5, 0.6) is 0 Å². The van der Waals surface area contributed by atoms with Crippen LogP contribution >= 0.6 is 11.6 Å². The molecule has 1 aromatic heterocycles. The van der Waals surface area contributed by atoms with Crippen molar-refractivity contribution in [2.75, 3.05) is 0 Å². The molecule has 0 atom stereocenters. The van der Waals surface area contributed by atoms with Crippen LogP contribution in [0.4, 0.5) is 17.6 Å². The first-order valence-electron chi connectivity index (χ1n) is 8.90. The molecule has 1 N–H and O–H groups in total. The minimum absolute atomic E-state index is 0.278. The molecule has 144 valence electrons. The summed E-state index contributed by atoms with van der Waals surface area (Å²) in [5.41, 5.74) is -2.02. The number of rotatable bonds is 5. The van der Waals surface area contributed by atoms with Gasteiger partial charge in [0.05, 0.1) is 5.02 Å². The van der Waals surface area contributed by atoms with Gasteiger partial charge in [-0.05, 0) is 56.3 Å². The summed E-state index contributed by atoms with van der Waals surface area (Å²) in [5, 5.41) is 5.71. The van der Waals surface area contributed by atoms with Gasteiger partial charge >= 0.3 is 0 Å². The van der Waals surface area contributed by atoms with E-state index in [9.17, 15) is 22.4 Å². The van der Waals surface area contributed by atoms with Crippen LogP contribution in [0, 0.1) is 17.8 Å². The molecule has 4 nitrogen and oxygen atoms in total. The number of nitrogens with one attached hydrogen (secondary N) is 1. The van der Waals surface area contributed by atoms with Gasteiger partial charge in [0.2, 0.25) is 5.91 Å². The van der Waals surface area contributed by atoms with E-state index in [1.54, 1.807) is 0 Å². The molecule has 5 rings (SSSR count). The van der Waals surface area contributed by atoms with Crippen molar-refractivity contribution in [3.8, 4) is 0 Å². The maximum absolute atomic E-state index is 13.2. The smallest absolute Gasteiger partial charge is 0.283 e. The second-order valence-electron chi connectivity index (χ2n) is 8.09. The maximum atomic E-state index is 13.2. The van der Waals surface area contributed by atoms with Crippen molar-refractivity contribution < 1.29 is 22.4 Å². The summed E-state index contributed by atoms with van der Waals surface area (Å²) in [4.78, 5) is 12.5. The van der Waals surface area contributed by atoms with Gasteiger partial charge in [0, 0.05) is 5.54 Å². The molecule has 1 heterocycles. The maximum Gasteiger partial charge on any atom is 0.283 e. The molecule has 4 bridgehead atoms. The lowest BCUT2D eigenvalue weighted by molar-refractivity contribution is -0.127. The third kappa shape index (κ3) is 3.10. The molecule has 26 heavy (non-hydrogen) atoms. The van der Waals surface area contributed by atoms with Gasteiger partial charge in [-0.1, -0.05) is 11.6 Å². The standard InChI is InChI=1S/C17H20ClF4N3O/c18-12-13(15(19)20)24-25(14(12)16(21)22)7-11(26)23-17-4-8-1-9(5-17)3-10(2-8)6-17/h8-10,15-16H,1-7H2,(H,23,26). The Balaban J connectivity index is 1.51. The first-order valence-corrected chi connectivity index (χ1v) is 9.27. The summed E-state index contributed by atoms with van der Waals surface area (Å²) in [6.45, 7) is -0.534. The lowest BCUT2D eigenvalue weighted by Gasteiger charge is -2.56. The van der Waals surface area contributed by atoms with Crippen molar-refractivity contribution in [2.24, 2.45) is 17.8 Å². The fraction of sp³-hybridized carbons (Fsp3) is 0.765. The van der Waals surface area contributed by atoms with E-state index >= 15 is 0 Å². The molecule has 0 spiro atoms. The molecule has 1 aromatic rings. The number of hydrogen-bond acceptors (Lipinski definition) is 2. The Bertz CT molecular complexity index is 686. The highest BCUT2D eigenvalue weighted by Crippen LogP contribution is 2.55. The highest BCUT2D eigenvalue weighted by atomic mass is 35.5. The number of carbonyl (C=O) groups is 1. The van der Waals surface area contributed by atoms with Crippen LogP contribution < -0.4 is 5.32 Å². The molecule has 4 saturated carbocycles. The molecule has 9 heteroatoms.